The maximum Gasteiger partial charge on any atom is 0.408 e. The molecule has 0 aliphatic carbocycles. The lowest BCUT2D eigenvalue weighted by atomic mass is 9.99. The van der Waals surface area contributed by atoms with Gasteiger partial charge in [-0.1, -0.05) is 96.9 Å². The molecule has 0 spiro atoms. The Kier molecular flexibility index (Phi) is 12.3. The van der Waals surface area contributed by atoms with E-state index in [0.29, 0.717) is 5.56 Å². The number of carbonyl (C=O) groups is 4. The van der Waals surface area contributed by atoms with Crippen molar-refractivity contribution in [3.8, 4) is 12.5 Å². The molecular formula is C38H45N3O6. The predicted octanol–water partition coefficient (Wildman–Crippen LogP) is 5.66. The molecule has 3 aromatic carbocycles. The quantitative estimate of drug-likeness (QED) is 0.159. The zero-order chi connectivity index (χ0) is 34.8. The third kappa shape index (κ3) is 11.6. The third-order valence-electron chi connectivity index (χ3n) is 6.84. The number of hydrogen-bond acceptors (Lipinski definition) is 6. The van der Waals surface area contributed by atoms with Crippen molar-refractivity contribution in [3.05, 3.63) is 107 Å². The van der Waals surface area contributed by atoms with E-state index in [-0.39, 0.29) is 12.8 Å². The second-order valence-corrected chi connectivity index (χ2v) is 13.3. The van der Waals surface area contributed by atoms with Crippen molar-refractivity contribution >= 4 is 23.9 Å². The highest BCUT2D eigenvalue weighted by atomic mass is 16.6. The summed E-state index contributed by atoms with van der Waals surface area (Å²) in [5, 5.41) is 5.47. The minimum Gasteiger partial charge on any atom is -0.458 e. The highest BCUT2D eigenvalue weighted by Crippen LogP contribution is 2.24. The molecule has 3 aromatic rings. The fourth-order valence-electron chi connectivity index (χ4n) is 4.77. The van der Waals surface area contributed by atoms with E-state index in [1.165, 1.54) is 0 Å². The molecule has 3 rings (SSSR count). The molecule has 0 bridgehead atoms. The smallest absolute Gasteiger partial charge is 0.408 e. The standard InChI is InChI=1S/C38H45N3O6/c1-9-41(34(43)30(24-27-16-12-10-13-17-27)40-36(45)47-38(6,7)8)32(29-22-20-26(2)21-23-29)33(42)39-31(35(44)46-37(3,4)5)25-28-18-14-11-15-19-28/h1,10-23,30-32H,24-25H2,2-8H3,(H,39,42)(H,40,45). The number of ether oxygens (including phenoxy) is 2. The molecule has 9 heteroatoms. The van der Waals surface area contributed by atoms with Crippen LogP contribution in [0.4, 0.5) is 4.79 Å². The van der Waals surface area contributed by atoms with Gasteiger partial charge in [0.25, 0.3) is 5.91 Å². The molecule has 0 saturated heterocycles. The number of rotatable bonds is 11. The summed E-state index contributed by atoms with van der Waals surface area (Å²) in [4.78, 5) is 55.8. The van der Waals surface area contributed by atoms with Crippen LogP contribution in [0.2, 0.25) is 0 Å². The second-order valence-electron chi connectivity index (χ2n) is 13.3. The molecule has 3 atom stereocenters. The summed E-state index contributed by atoms with van der Waals surface area (Å²) in [6.45, 7) is 12.2. The van der Waals surface area contributed by atoms with Crippen LogP contribution >= 0.6 is 0 Å². The van der Waals surface area contributed by atoms with Crippen molar-refractivity contribution in [3.63, 3.8) is 0 Å². The van der Waals surface area contributed by atoms with Crippen LogP contribution in [0.5, 0.6) is 0 Å². The first-order chi connectivity index (χ1) is 22.1. The predicted molar refractivity (Wildman–Crippen MR) is 181 cm³/mol. The molecule has 47 heavy (non-hydrogen) atoms. The molecule has 0 aliphatic rings. The number of benzene rings is 3. The largest absolute Gasteiger partial charge is 0.458 e. The van der Waals surface area contributed by atoms with Gasteiger partial charge in [-0.3, -0.25) is 14.5 Å². The fourth-order valence-corrected chi connectivity index (χ4v) is 4.77. The highest BCUT2D eigenvalue weighted by Gasteiger charge is 2.38. The van der Waals surface area contributed by atoms with Gasteiger partial charge in [0.05, 0.1) is 0 Å². The Morgan fingerprint density at radius 2 is 1.21 bits per heavy atom. The van der Waals surface area contributed by atoms with Crippen LogP contribution in [0, 0.1) is 19.4 Å². The summed E-state index contributed by atoms with van der Waals surface area (Å²) in [7, 11) is 0. The summed E-state index contributed by atoms with van der Waals surface area (Å²) in [6.07, 6.45) is 5.39. The molecule has 9 nitrogen and oxygen atoms in total. The van der Waals surface area contributed by atoms with Crippen LogP contribution in [0.3, 0.4) is 0 Å². The summed E-state index contributed by atoms with van der Waals surface area (Å²) in [6, 6.07) is 24.1. The molecule has 0 radical (unpaired) electrons. The average Bonchev–Trinajstić information content (AvgIpc) is 2.98. The SMILES string of the molecule is C#CN(C(=O)C(Cc1ccccc1)NC(=O)OC(C)(C)C)C(C(=O)NC(Cc1ccccc1)C(=O)OC(C)(C)C)c1ccc(C)cc1. The van der Waals surface area contributed by atoms with E-state index in [2.05, 4.69) is 16.7 Å². The van der Waals surface area contributed by atoms with Gasteiger partial charge in [-0.25, -0.2) is 9.59 Å². The van der Waals surface area contributed by atoms with E-state index in [1.807, 2.05) is 67.6 Å². The minimum absolute atomic E-state index is 0.0773. The zero-order valence-electron chi connectivity index (χ0n) is 28.2. The van der Waals surface area contributed by atoms with E-state index in [1.54, 1.807) is 65.8 Å². The first kappa shape index (κ1) is 36.4. The maximum atomic E-state index is 14.3. The molecule has 2 N–H and O–H groups in total. The van der Waals surface area contributed by atoms with Crippen LogP contribution in [-0.2, 0) is 36.7 Å². The summed E-state index contributed by atoms with van der Waals surface area (Å²) in [5.41, 5.74) is 1.25. The van der Waals surface area contributed by atoms with Crippen molar-refractivity contribution in [2.45, 2.75) is 90.6 Å². The second kappa shape index (κ2) is 15.9. The molecule has 0 aliphatic heterocycles. The van der Waals surface area contributed by atoms with Gasteiger partial charge < -0.3 is 20.1 Å². The molecule has 248 valence electrons. The van der Waals surface area contributed by atoms with Gasteiger partial charge in [-0.2, -0.15) is 0 Å². The van der Waals surface area contributed by atoms with Crippen molar-refractivity contribution in [1.29, 1.82) is 0 Å². The van der Waals surface area contributed by atoms with E-state index < -0.39 is 53.2 Å². The van der Waals surface area contributed by atoms with E-state index in [9.17, 15) is 19.2 Å². The highest BCUT2D eigenvalue weighted by molar-refractivity contribution is 5.95. The maximum absolute atomic E-state index is 14.3. The zero-order valence-corrected chi connectivity index (χ0v) is 28.2. The number of hydrogen-bond donors (Lipinski definition) is 2. The van der Waals surface area contributed by atoms with Gasteiger partial charge in [0.2, 0.25) is 5.91 Å². The van der Waals surface area contributed by atoms with Crippen molar-refractivity contribution in [2.24, 2.45) is 0 Å². The Labute approximate surface area is 278 Å². The number of aryl methyl sites for hydroxylation is 1. The van der Waals surface area contributed by atoms with E-state index in [4.69, 9.17) is 15.9 Å². The number of amides is 3. The average molecular weight is 640 g/mol. The molecule has 0 fully saturated rings. The molecule has 0 aromatic heterocycles. The van der Waals surface area contributed by atoms with Crippen LogP contribution in [0.1, 0.15) is 69.8 Å². The summed E-state index contributed by atoms with van der Waals surface area (Å²) >= 11 is 0. The molecule has 0 heterocycles. The van der Waals surface area contributed by atoms with Gasteiger partial charge in [-0.15, -0.1) is 0 Å². The Morgan fingerprint density at radius 3 is 1.68 bits per heavy atom. The number of carbonyl (C=O) groups excluding carboxylic acids is 4. The molecule has 0 saturated carbocycles. The monoisotopic (exact) mass is 639 g/mol. The lowest BCUT2D eigenvalue weighted by Crippen LogP contribution is -2.54. The van der Waals surface area contributed by atoms with Gasteiger partial charge in [0.1, 0.15) is 29.3 Å². The number of nitrogens with zero attached hydrogens (tertiary/aromatic N) is 1. The van der Waals surface area contributed by atoms with Crippen molar-refractivity contribution in [1.82, 2.24) is 15.5 Å². The third-order valence-corrected chi connectivity index (χ3v) is 6.84. The van der Waals surface area contributed by atoms with Crippen LogP contribution in [0.15, 0.2) is 84.9 Å². The number of esters is 1. The normalized spacial score (nSPS) is 13.2. The summed E-state index contributed by atoms with van der Waals surface area (Å²) in [5.74, 6) is -2.04. The van der Waals surface area contributed by atoms with Crippen molar-refractivity contribution < 1.29 is 28.7 Å². The Hall–Kier alpha value is -5.10. The minimum atomic E-state index is -1.35. The Bertz CT molecular complexity index is 1550. The lowest BCUT2D eigenvalue weighted by Gasteiger charge is -2.32. The van der Waals surface area contributed by atoms with Crippen molar-refractivity contribution in [2.75, 3.05) is 0 Å². The van der Waals surface area contributed by atoms with Crippen LogP contribution in [0.25, 0.3) is 0 Å². The molecule has 3 amide bonds. The van der Waals surface area contributed by atoms with E-state index in [0.717, 1.165) is 21.6 Å². The van der Waals surface area contributed by atoms with E-state index >= 15 is 0 Å². The van der Waals surface area contributed by atoms with Gasteiger partial charge in [-0.05, 0) is 65.2 Å². The topological polar surface area (TPSA) is 114 Å². The van der Waals surface area contributed by atoms with Crippen LogP contribution in [-0.4, -0.2) is 52.1 Å². The van der Waals surface area contributed by atoms with Gasteiger partial charge in [0, 0.05) is 18.9 Å². The number of alkyl carbamates (subject to hydrolysis) is 1. The first-order valence-corrected chi connectivity index (χ1v) is 15.5. The lowest BCUT2D eigenvalue weighted by molar-refractivity contribution is -0.159. The van der Waals surface area contributed by atoms with Gasteiger partial charge >= 0.3 is 12.1 Å². The molecule has 3 unspecified atom stereocenters. The fraction of sp³-hybridized carbons (Fsp3) is 0.368. The first-order valence-electron chi connectivity index (χ1n) is 15.5. The summed E-state index contributed by atoms with van der Waals surface area (Å²) < 4.78 is 11.1. The number of nitrogens with one attached hydrogen (secondary N) is 2. The Balaban J connectivity index is 2.03. The Morgan fingerprint density at radius 1 is 0.723 bits per heavy atom. The van der Waals surface area contributed by atoms with Crippen LogP contribution < -0.4 is 10.6 Å². The number of terminal acetylenes is 1. The van der Waals surface area contributed by atoms with Gasteiger partial charge in [0.15, 0.2) is 0 Å². The molecular weight excluding hydrogens is 594 g/mol.